The maximum absolute atomic E-state index is 10.8. The molecule has 0 bridgehead atoms. The number of aromatic nitrogens is 1. The lowest BCUT2D eigenvalue weighted by Gasteiger charge is -2.00. The van der Waals surface area contributed by atoms with Gasteiger partial charge in [-0.15, -0.1) is 0 Å². The third-order valence-corrected chi connectivity index (χ3v) is 2.21. The molecule has 0 radical (unpaired) electrons. The molecule has 0 unspecified atom stereocenters. The molecular formula is C10H8N2O4. The highest BCUT2D eigenvalue weighted by atomic mass is 16.6. The Hall–Kier alpha value is -2.37. The van der Waals surface area contributed by atoms with Crippen LogP contribution in [-0.2, 0) is 0 Å². The van der Waals surface area contributed by atoms with Gasteiger partial charge in [0.2, 0.25) is 0 Å². The Kier molecular flexibility index (Phi) is 2.32. The fraction of sp³-hybridized carbons (Fsp3) is 0.100. The number of aromatic hydroxyl groups is 1. The molecule has 82 valence electrons. The topological polar surface area (TPSA) is 89.4 Å². The molecule has 0 spiro atoms. The second kappa shape index (κ2) is 3.65. The Morgan fingerprint density at radius 2 is 2.12 bits per heavy atom. The van der Waals surface area contributed by atoms with Crippen molar-refractivity contribution in [1.29, 1.82) is 0 Å². The molecule has 6 heteroatoms. The molecule has 0 fully saturated rings. The van der Waals surface area contributed by atoms with Gasteiger partial charge in [0.25, 0.3) is 11.6 Å². The van der Waals surface area contributed by atoms with E-state index in [-0.39, 0.29) is 17.1 Å². The minimum atomic E-state index is -0.513. The van der Waals surface area contributed by atoms with Crippen molar-refractivity contribution in [3.63, 3.8) is 0 Å². The summed E-state index contributed by atoms with van der Waals surface area (Å²) < 4.78 is 4.76. The van der Waals surface area contributed by atoms with Gasteiger partial charge in [0.05, 0.1) is 16.1 Å². The normalized spacial score (nSPS) is 10.3. The first-order valence-corrected chi connectivity index (χ1v) is 4.50. The van der Waals surface area contributed by atoms with Crippen molar-refractivity contribution in [2.45, 2.75) is 6.92 Å². The number of nitro benzene ring substituents is 1. The number of benzene rings is 1. The van der Waals surface area contributed by atoms with E-state index in [0.717, 1.165) is 0 Å². The van der Waals surface area contributed by atoms with E-state index in [1.54, 1.807) is 19.1 Å². The molecular weight excluding hydrogens is 212 g/mol. The van der Waals surface area contributed by atoms with Gasteiger partial charge >= 0.3 is 0 Å². The smallest absolute Gasteiger partial charge is 0.277 e. The van der Waals surface area contributed by atoms with E-state index < -0.39 is 4.92 Å². The van der Waals surface area contributed by atoms with Gasteiger partial charge in [-0.1, -0.05) is 12.1 Å². The minimum absolute atomic E-state index is 0.0934. The predicted octanol–water partition coefficient (Wildman–Crippen LogP) is 2.26. The zero-order valence-corrected chi connectivity index (χ0v) is 8.38. The first-order valence-electron chi connectivity index (χ1n) is 4.50. The fourth-order valence-electron chi connectivity index (χ4n) is 1.51. The van der Waals surface area contributed by atoms with Crippen molar-refractivity contribution in [3.8, 4) is 17.0 Å². The number of aryl methyl sites for hydroxylation is 1. The van der Waals surface area contributed by atoms with Crippen molar-refractivity contribution >= 4 is 5.69 Å². The highest BCUT2D eigenvalue weighted by molar-refractivity contribution is 5.77. The fourth-order valence-corrected chi connectivity index (χ4v) is 1.51. The zero-order chi connectivity index (χ0) is 11.7. The van der Waals surface area contributed by atoms with E-state index in [0.29, 0.717) is 11.3 Å². The number of para-hydroxylation sites is 1. The third kappa shape index (κ3) is 1.50. The number of nitrogens with zero attached hydrogens (tertiary/aromatic N) is 2. The van der Waals surface area contributed by atoms with Crippen LogP contribution in [-0.4, -0.2) is 15.2 Å². The molecule has 0 saturated carbocycles. The number of nitro groups is 1. The molecule has 0 aliphatic carbocycles. The van der Waals surface area contributed by atoms with Gasteiger partial charge in [0.1, 0.15) is 5.76 Å². The molecule has 0 atom stereocenters. The van der Waals surface area contributed by atoms with Gasteiger partial charge in [-0.2, -0.15) is 0 Å². The standard InChI is InChI=1S/C10H8N2O4/c1-6-9(10(13)11-16-6)7-4-2-3-5-8(7)12(14)15/h2-5H,1H3,(H,11,13). The van der Waals surface area contributed by atoms with E-state index in [4.69, 9.17) is 4.52 Å². The highest BCUT2D eigenvalue weighted by Crippen LogP contribution is 2.37. The summed E-state index contributed by atoms with van der Waals surface area (Å²) in [5.74, 6) is -0.00130. The van der Waals surface area contributed by atoms with Gasteiger partial charge in [0.15, 0.2) is 0 Å². The molecule has 1 aromatic heterocycles. The number of rotatable bonds is 2. The Bertz CT molecular complexity index is 528. The van der Waals surface area contributed by atoms with E-state index >= 15 is 0 Å². The Balaban J connectivity index is 2.69. The Morgan fingerprint density at radius 1 is 1.44 bits per heavy atom. The average molecular weight is 220 g/mol. The molecule has 0 saturated heterocycles. The number of hydrogen-bond acceptors (Lipinski definition) is 5. The van der Waals surface area contributed by atoms with Crippen molar-refractivity contribution in [2.24, 2.45) is 0 Å². The molecule has 2 aromatic rings. The summed E-state index contributed by atoms with van der Waals surface area (Å²) >= 11 is 0. The predicted molar refractivity (Wildman–Crippen MR) is 55.0 cm³/mol. The Labute approximate surface area is 90.3 Å². The zero-order valence-electron chi connectivity index (χ0n) is 8.38. The SMILES string of the molecule is Cc1onc(O)c1-c1ccccc1[N+](=O)[O-]. The maximum Gasteiger partial charge on any atom is 0.277 e. The van der Waals surface area contributed by atoms with Crippen LogP contribution in [0.5, 0.6) is 5.88 Å². The average Bonchev–Trinajstić information content (AvgIpc) is 2.58. The van der Waals surface area contributed by atoms with Crippen molar-refractivity contribution in [3.05, 3.63) is 40.1 Å². The molecule has 0 aliphatic rings. The molecule has 0 aliphatic heterocycles. The lowest BCUT2D eigenvalue weighted by atomic mass is 10.0. The van der Waals surface area contributed by atoms with Crippen LogP contribution >= 0.6 is 0 Å². The van der Waals surface area contributed by atoms with Crippen LogP contribution in [0, 0.1) is 17.0 Å². The summed E-state index contributed by atoms with van der Waals surface area (Å²) in [4.78, 5) is 10.3. The first-order chi connectivity index (χ1) is 7.61. The highest BCUT2D eigenvalue weighted by Gasteiger charge is 2.22. The van der Waals surface area contributed by atoms with Crippen LogP contribution in [0.15, 0.2) is 28.8 Å². The third-order valence-electron chi connectivity index (χ3n) is 2.21. The lowest BCUT2D eigenvalue weighted by molar-refractivity contribution is -0.384. The quantitative estimate of drug-likeness (QED) is 0.619. The second-order valence-corrected chi connectivity index (χ2v) is 3.21. The van der Waals surface area contributed by atoms with E-state index in [9.17, 15) is 15.2 Å². The molecule has 6 nitrogen and oxygen atoms in total. The van der Waals surface area contributed by atoms with Crippen LogP contribution in [0.2, 0.25) is 0 Å². The van der Waals surface area contributed by atoms with E-state index in [1.165, 1.54) is 12.1 Å². The first kappa shape index (κ1) is 10.2. The van der Waals surface area contributed by atoms with Crippen molar-refractivity contribution < 1.29 is 14.6 Å². The maximum atomic E-state index is 10.8. The van der Waals surface area contributed by atoms with Crippen molar-refractivity contribution in [2.75, 3.05) is 0 Å². The second-order valence-electron chi connectivity index (χ2n) is 3.21. The van der Waals surface area contributed by atoms with Crippen LogP contribution in [0.25, 0.3) is 11.1 Å². The van der Waals surface area contributed by atoms with Crippen LogP contribution in [0.4, 0.5) is 5.69 Å². The van der Waals surface area contributed by atoms with Gasteiger partial charge in [-0.05, 0) is 18.1 Å². The van der Waals surface area contributed by atoms with Gasteiger partial charge < -0.3 is 9.63 Å². The van der Waals surface area contributed by atoms with Crippen LogP contribution < -0.4 is 0 Å². The van der Waals surface area contributed by atoms with Gasteiger partial charge in [-0.25, -0.2) is 0 Å². The summed E-state index contributed by atoms with van der Waals surface area (Å²) in [6, 6.07) is 6.11. The van der Waals surface area contributed by atoms with Crippen molar-refractivity contribution in [1.82, 2.24) is 5.16 Å². The number of hydrogen-bond donors (Lipinski definition) is 1. The molecule has 16 heavy (non-hydrogen) atoms. The van der Waals surface area contributed by atoms with Crippen LogP contribution in [0.1, 0.15) is 5.76 Å². The summed E-state index contributed by atoms with van der Waals surface area (Å²) in [7, 11) is 0. The summed E-state index contributed by atoms with van der Waals surface area (Å²) in [5, 5.41) is 23.6. The molecule has 0 amide bonds. The van der Waals surface area contributed by atoms with E-state index in [2.05, 4.69) is 5.16 Å². The largest absolute Gasteiger partial charge is 0.491 e. The Morgan fingerprint density at radius 3 is 2.69 bits per heavy atom. The van der Waals surface area contributed by atoms with Crippen LogP contribution in [0.3, 0.4) is 0 Å². The summed E-state index contributed by atoms with van der Waals surface area (Å²) in [5.41, 5.74) is 0.458. The van der Waals surface area contributed by atoms with Gasteiger partial charge in [0, 0.05) is 6.07 Å². The molecule has 1 aromatic carbocycles. The molecule has 1 heterocycles. The molecule has 1 N–H and O–H groups in total. The summed E-state index contributed by atoms with van der Waals surface area (Å²) in [6.45, 7) is 1.58. The summed E-state index contributed by atoms with van der Waals surface area (Å²) in [6.07, 6.45) is 0. The monoisotopic (exact) mass is 220 g/mol. The minimum Gasteiger partial charge on any atom is -0.491 e. The van der Waals surface area contributed by atoms with E-state index in [1.807, 2.05) is 0 Å². The van der Waals surface area contributed by atoms with Gasteiger partial charge in [-0.3, -0.25) is 10.1 Å². The lowest BCUT2D eigenvalue weighted by Crippen LogP contribution is -1.91. The molecule has 2 rings (SSSR count).